The first kappa shape index (κ1) is 15.9. The third kappa shape index (κ3) is 4.15. The molecule has 0 radical (unpaired) electrons. The highest BCUT2D eigenvalue weighted by molar-refractivity contribution is 7.85. The summed E-state index contributed by atoms with van der Waals surface area (Å²) in [5.74, 6) is -0.196. The van der Waals surface area contributed by atoms with Gasteiger partial charge >= 0.3 is 0 Å². The van der Waals surface area contributed by atoms with E-state index in [4.69, 9.17) is 4.55 Å². The lowest BCUT2D eigenvalue weighted by Gasteiger charge is -2.28. The van der Waals surface area contributed by atoms with E-state index in [1.807, 2.05) is 0 Å². The number of rotatable bonds is 5. The summed E-state index contributed by atoms with van der Waals surface area (Å²) >= 11 is 0. The molecule has 0 bridgehead atoms. The molecule has 0 aromatic heterocycles. The summed E-state index contributed by atoms with van der Waals surface area (Å²) in [5, 5.41) is 28.6. The van der Waals surface area contributed by atoms with Crippen LogP contribution < -0.4 is 0 Å². The fraction of sp³-hybridized carbons (Fsp3) is 0.455. The van der Waals surface area contributed by atoms with Crippen molar-refractivity contribution in [3.8, 4) is 5.75 Å². The lowest BCUT2D eigenvalue weighted by molar-refractivity contribution is -0.0899. The molecular weight excluding hydrogens is 274 g/mol. The van der Waals surface area contributed by atoms with E-state index < -0.39 is 22.6 Å². The smallest absolute Gasteiger partial charge is 0.294 e. The highest BCUT2D eigenvalue weighted by atomic mass is 32.2. The Morgan fingerprint density at radius 1 is 1.21 bits per heavy atom. The number of aliphatic hydroxyl groups excluding tert-OH is 2. The first-order chi connectivity index (χ1) is 8.62. The monoisotopic (exact) mass is 291 g/mol. The van der Waals surface area contributed by atoms with Crippen molar-refractivity contribution in [2.75, 3.05) is 0 Å². The molecule has 108 valence electrons. The molecule has 0 aliphatic carbocycles. The van der Waals surface area contributed by atoms with Gasteiger partial charge in [0.2, 0.25) is 0 Å². The largest absolute Gasteiger partial charge is 0.508 e. The molecule has 0 saturated carbocycles. The van der Waals surface area contributed by atoms with Crippen molar-refractivity contribution in [1.82, 2.24) is 4.90 Å². The van der Waals surface area contributed by atoms with E-state index in [1.165, 1.54) is 18.7 Å². The molecule has 0 aliphatic heterocycles. The third-order valence-corrected chi connectivity index (χ3v) is 3.51. The molecule has 0 saturated heterocycles. The van der Waals surface area contributed by atoms with Crippen LogP contribution in [0.5, 0.6) is 5.75 Å². The molecule has 0 spiro atoms. The van der Waals surface area contributed by atoms with E-state index >= 15 is 0 Å². The number of phenolic OH excluding ortho intramolecular Hbond substituents is 1. The number of hydrogen-bond acceptors (Lipinski definition) is 6. The van der Waals surface area contributed by atoms with Crippen LogP contribution in [0.3, 0.4) is 0 Å². The SMILES string of the molecule is CC(O)N(Cc1cc(S(=O)(=O)O)ccc1O)C(C)O. The number of benzene rings is 1. The maximum absolute atomic E-state index is 11.0. The van der Waals surface area contributed by atoms with E-state index in [1.54, 1.807) is 0 Å². The lowest BCUT2D eigenvalue weighted by Crippen LogP contribution is -2.39. The Labute approximate surface area is 111 Å². The van der Waals surface area contributed by atoms with Gasteiger partial charge in [0.1, 0.15) is 18.2 Å². The maximum Gasteiger partial charge on any atom is 0.294 e. The second-order valence-corrected chi connectivity index (χ2v) is 5.62. The summed E-state index contributed by atoms with van der Waals surface area (Å²) in [6, 6.07) is 3.27. The predicted octanol–water partition coefficient (Wildman–Crippen LogP) is 0.117. The van der Waals surface area contributed by atoms with Crippen LogP contribution in [-0.4, -0.2) is 45.6 Å². The molecule has 4 N–H and O–H groups in total. The second-order valence-electron chi connectivity index (χ2n) is 4.20. The fourth-order valence-corrected chi connectivity index (χ4v) is 2.15. The minimum atomic E-state index is -4.37. The van der Waals surface area contributed by atoms with Crippen LogP contribution in [0, 0.1) is 0 Å². The molecule has 0 aliphatic rings. The summed E-state index contributed by atoms with van der Waals surface area (Å²) in [4.78, 5) is 0.861. The van der Waals surface area contributed by atoms with Crippen LogP contribution >= 0.6 is 0 Å². The predicted molar refractivity (Wildman–Crippen MR) is 66.8 cm³/mol. The van der Waals surface area contributed by atoms with Crippen molar-refractivity contribution in [3.05, 3.63) is 23.8 Å². The number of aliphatic hydroxyl groups is 2. The van der Waals surface area contributed by atoms with Gasteiger partial charge in [-0.3, -0.25) is 4.55 Å². The second kappa shape index (κ2) is 5.85. The molecule has 2 atom stereocenters. The average Bonchev–Trinajstić information content (AvgIpc) is 2.25. The minimum Gasteiger partial charge on any atom is -0.508 e. The van der Waals surface area contributed by atoms with Gasteiger partial charge < -0.3 is 15.3 Å². The van der Waals surface area contributed by atoms with Gasteiger partial charge in [-0.25, -0.2) is 4.90 Å². The topological polar surface area (TPSA) is 118 Å². The molecule has 19 heavy (non-hydrogen) atoms. The zero-order valence-corrected chi connectivity index (χ0v) is 11.4. The highest BCUT2D eigenvalue weighted by Gasteiger charge is 2.20. The van der Waals surface area contributed by atoms with Crippen molar-refractivity contribution >= 4 is 10.1 Å². The van der Waals surface area contributed by atoms with Crippen molar-refractivity contribution in [1.29, 1.82) is 0 Å². The molecule has 0 heterocycles. The van der Waals surface area contributed by atoms with E-state index in [-0.39, 0.29) is 22.8 Å². The normalized spacial score (nSPS) is 15.5. The number of phenols is 1. The zero-order chi connectivity index (χ0) is 14.8. The summed E-state index contributed by atoms with van der Waals surface area (Å²) in [7, 11) is -4.37. The van der Waals surface area contributed by atoms with Crippen LogP contribution in [0.4, 0.5) is 0 Å². The van der Waals surface area contributed by atoms with Gasteiger partial charge in [0.25, 0.3) is 10.1 Å². The lowest BCUT2D eigenvalue weighted by atomic mass is 10.2. The number of aromatic hydroxyl groups is 1. The van der Waals surface area contributed by atoms with Gasteiger partial charge in [-0.1, -0.05) is 0 Å². The molecule has 1 aromatic rings. The van der Waals surface area contributed by atoms with Gasteiger partial charge in [0, 0.05) is 12.1 Å². The number of nitrogens with zero attached hydrogens (tertiary/aromatic N) is 1. The number of hydrogen-bond donors (Lipinski definition) is 4. The van der Waals surface area contributed by atoms with E-state index in [0.29, 0.717) is 0 Å². The van der Waals surface area contributed by atoms with Crippen LogP contribution in [0.1, 0.15) is 19.4 Å². The molecule has 0 fully saturated rings. The van der Waals surface area contributed by atoms with Crippen molar-refractivity contribution in [2.45, 2.75) is 37.7 Å². The van der Waals surface area contributed by atoms with Crippen molar-refractivity contribution < 1.29 is 28.3 Å². The summed E-state index contributed by atoms with van der Waals surface area (Å²) in [6.07, 6.45) is -1.98. The molecular formula is C11H17NO6S. The zero-order valence-electron chi connectivity index (χ0n) is 10.6. The highest BCUT2D eigenvalue weighted by Crippen LogP contribution is 2.23. The third-order valence-electron chi connectivity index (χ3n) is 2.66. The van der Waals surface area contributed by atoms with Gasteiger partial charge in [0.05, 0.1) is 4.90 Å². The molecule has 2 unspecified atom stereocenters. The Bertz CT molecular complexity index is 532. The minimum absolute atomic E-state index is 0.0788. The van der Waals surface area contributed by atoms with E-state index in [0.717, 1.165) is 18.2 Å². The van der Waals surface area contributed by atoms with Crippen molar-refractivity contribution in [3.63, 3.8) is 0 Å². The van der Waals surface area contributed by atoms with E-state index in [2.05, 4.69) is 0 Å². The summed E-state index contributed by atoms with van der Waals surface area (Å²) < 4.78 is 31.0. The molecule has 1 rings (SSSR count). The van der Waals surface area contributed by atoms with Crippen LogP contribution in [0.25, 0.3) is 0 Å². The Hall–Kier alpha value is -1.19. The Morgan fingerprint density at radius 2 is 1.74 bits per heavy atom. The maximum atomic E-state index is 11.0. The summed E-state index contributed by atoms with van der Waals surface area (Å²) in [6.45, 7) is 2.78. The quantitative estimate of drug-likeness (QED) is 0.449. The van der Waals surface area contributed by atoms with Gasteiger partial charge in [-0.2, -0.15) is 8.42 Å². The molecule has 0 amide bonds. The molecule has 7 nitrogen and oxygen atoms in total. The van der Waals surface area contributed by atoms with Gasteiger partial charge in [-0.15, -0.1) is 0 Å². The van der Waals surface area contributed by atoms with Gasteiger partial charge in [-0.05, 0) is 32.0 Å². The Balaban J connectivity index is 3.13. The fourth-order valence-electron chi connectivity index (χ4n) is 1.62. The van der Waals surface area contributed by atoms with E-state index in [9.17, 15) is 23.7 Å². The average molecular weight is 291 g/mol. The summed E-state index contributed by atoms with van der Waals surface area (Å²) in [5.41, 5.74) is 0.164. The van der Waals surface area contributed by atoms with Crippen LogP contribution in [-0.2, 0) is 16.7 Å². The van der Waals surface area contributed by atoms with Crippen LogP contribution in [0.2, 0.25) is 0 Å². The van der Waals surface area contributed by atoms with Crippen molar-refractivity contribution in [2.24, 2.45) is 0 Å². The standard InChI is InChI=1S/C11H17NO6S/c1-7(13)12(8(2)14)6-9-5-10(19(16,17)18)3-4-11(9)15/h3-5,7-8,13-15H,6H2,1-2H3,(H,16,17,18). The molecule has 8 heteroatoms. The first-order valence-corrected chi connectivity index (χ1v) is 6.98. The molecule has 1 aromatic carbocycles. The Kier molecular flexibility index (Phi) is 4.88. The van der Waals surface area contributed by atoms with Crippen LogP contribution in [0.15, 0.2) is 23.1 Å². The Morgan fingerprint density at radius 3 is 2.16 bits per heavy atom. The van der Waals surface area contributed by atoms with Gasteiger partial charge in [0.15, 0.2) is 0 Å². The first-order valence-electron chi connectivity index (χ1n) is 5.54.